The summed E-state index contributed by atoms with van der Waals surface area (Å²) >= 11 is 0. The zero-order valence-electron chi connectivity index (χ0n) is 13.9. The number of carbonyl (C=O) groups is 2. The molecule has 0 aliphatic heterocycles. The lowest BCUT2D eigenvalue weighted by Crippen LogP contribution is -2.33. The quantitative estimate of drug-likeness (QED) is 0.809. The predicted molar refractivity (Wildman–Crippen MR) is 93.6 cm³/mol. The van der Waals surface area contributed by atoms with Gasteiger partial charge < -0.3 is 10.0 Å². The van der Waals surface area contributed by atoms with E-state index >= 15 is 0 Å². The van der Waals surface area contributed by atoms with Crippen molar-refractivity contribution in [2.75, 3.05) is 6.54 Å². The molecular weight excluding hydrogens is 302 g/mol. The Morgan fingerprint density at radius 3 is 2.25 bits per heavy atom. The number of benzene rings is 2. The molecule has 0 radical (unpaired) electrons. The van der Waals surface area contributed by atoms with Crippen LogP contribution in [0.1, 0.15) is 29.5 Å². The van der Waals surface area contributed by atoms with E-state index in [1.54, 1.807) is 4.90 Å². The fourth-order valence-corrected chi connectivity index (χ4v) is 2.51. The molecule has 0 aliphatic carbocycles. The van der Waals surface area contributed by atoms with Crippen molar-refractivity contribution < 1.29 is 14.7 Å². The average molecular weight is 325 g/mol. The smallest absolute Gasteiger partial charge is 0.303 e. The molecule has 2 aromatic rings. The molecule has 1 N–H and O–H groups in total. The molecule has 126 valence electrons. The first-order chi connectivity index (χ1) is 11.5. The Bertz CT molecular complexity index is 665. The van der Waals surface area contributed by atoms with Crippen molar-refractivity contribution in [3.05, 3.63) is 71.3 Å². The summed E-state index contributed by atoms with van der Waals surface area (Å²) in [5.41, 5.74) is 3.18. The average Bonchev–Trinajstić information content (AvgIpc) is 2.56. The summed E-state index contributed by atoms with van der Waals surface area (Å²) in [6.45, 7) is 2.97. The number of aliphatic carboxylic acids is 1. The highest BCUT2D eigenvalue weighted by Crippen LogP contribution is 2.11. The summed E-state index contributed by atoms with van der Waals surface area (Å²) < 4.78 is 0. The third-order valence-corrected chi connectivity index (χ3v) is 3.86. The Labute approximate surface area is 142 Å². The standard InChI is InChI=1S/C20H23NO3/c1-16-9-11-17(12-10-16)14-19(22)21(13-5-8-20(23)24)15-18-6-3-2-4-7-18/h2-4,6-7,9-12H,5,8,13-15H2,1H3,(H,23,24). The van der Waals surface area contributed by atoms with Gasteiger partial charge in [0.1, 0.15) is 0 Å². The highest BCUT2D eigenvalue weighted by atomic mass is 16.4. The Morgan fingerprint density at radius 1 is 0.958 bits per heavy atom. The number of aryl methyl sites for hydroxylation is 1. The number of carboxylic acid groups (broad SMARTS) is 1. The molecule has 4 heteroatoms. The van der Waals surface area contributed by atoms with Gasteiger partial charge in [0.15, 0.2) is 0 Å². The fraction of sp³-hybridized carbons (Fsp3) is 0.300. The van der Waals surface area contributed by atoms with E-state index in [2.05, 4.69) is 0 Å². The molecule has 0 saturated heterocycles. The molecule has 2 rings (SSSR count). The van der Waals surface area contributed by atoms with Gasteiger partial charge in [-0.15, -0.1) is 0 Å². The van der Waals surface area contributed by atoms with Crippen LogP contribution in [-0.2, 0) is 22.6 Å². The molecule has 24 heavy (non-hydrogen) atoms. The van der Waals surface area contributed by atoms with Crippen LogP contribution < -0.4 is 0 Å². The maximum absolute atomic E-state index is 12.7. The van der Waals surface area contributed by atoms with Gasteiger partial charge in [0.2, 0.25) is 5.91 Å². The molecule has 0 aromatic heterocycles. The molecular formula is C20H23NO3. The largest absolute Gasteiger partial charge is 0.481 e. The third-order valence-electron chi connectivity index (χ3n) is 3.86. The van der Waals surface area contributed by atoms with E-state index in [4.69, 9.17) is 5.11 Å². The first-order valence-electron chi connectivity index (χ1n) is 8.13. The first-order valence-corrected chi connectivity index (χ1v) is 8.13. The third kappa shape index (κ3) is 5.88. The molecule has 4 nitrogen and oxygen atoms in total. The Kier molecular flexibility index (Phi) is 6.55. The van der Waals surface area contributed by atoms with E-state index in [9.17, 15) is 9.59 Å². The predicted octanol–water partition coefficient (Wildman–Crippen LogP) is 3.43. The normalized spacial score (nSPS) is 10.4. The van der Waals surface area contributed by atoms with E-state index in [0.29, 0.717) is 25.9 Å². The first kappa shape index (κ1) is 17.7. The summed E-state index contributed by atoms with van der Waals surface area (Å²) in [6, 6.07) is 17.7. The fourth-order valence-electron chi connectivity index (χ4n) is 2.51. The van der Waals surface area contributed by atoms with Gasteiger partial charge in [0.25, 0.3) is 0 Å². The van der Waals surface area contributed by atoms with Gasteiger partial charge in [-0.3, -0.25) is 9.59 Å². The maximum Gasteiger partial charge on any atom is 0.303 e. The highest BCUT2D eigenvalue weighted by molar-refractivity contribution is 5.78. The minimum absolute atomic E-state index is 0.0214. The maximum atomic E-state index is 12.7. The van der Waals surface area contributed by atoms with Crippen LogP contribution >= 0.6 is 0 Å². The Hall–Kier alpha value is -2.62. The van der Waals surface area contributed by atoms with Crippen LogP contribution in [-0.4, -0.2) is 28.4 Å². The Balaban J connectivity index is 2.03. The summed E-state index contributed by atoms with van der Waals surface area (Å²) in [5.74, 6) is -0.811. The van der Waals surface area contributed by atoms with Crippen molar-refractivity contribution in [3.63, 3.8) is 0 Å². The molecule has 0 spiro atoms. The van der Waals surface area contributed by atoms with Gasteiger partial charge in [-0.1, -0.05) is 60.2 Å². The molecule has 0 aliphatic rings. The lowest BCUT2D eigenvalue weighted by molar-refractivity contribution is -0.138. The summed E-state index contributed by atoms with van der Waals surface area (Å²) in [5, 5.41) is 8.81. The van der Waals surface area contributed by atoms with Crippen molar-refractivity contribution in [2.24, 2.45) is 0 Å². The molecule has 0 saturated carbocycles. The zero-order chi connectivity index (χ0) is 17.4. The minimum atomic E-state index is -0.833. The van der Waals surface area contributed by atoms with E-state index in [1.165, 1.54) is 0 Å². The van der Waals surface area contributed by atoms with E-state index in [0.717, 1.165) is 16.7 Å². The van der Waals surface area contributed by atoms with Crippen molar-refractivity contribution in [1.82, 2.24) is 4.90 Å². The van der Waals surface area contributed by atoms with E-state index in [-0.39, 0.29) is 12.3 Å². The zero-order valence-corrected chi connectivity index (χ0v) is 13.9. The number of amides is 1. The lowest BCUT2D eigenvalue weighted by Gasteiger charge is -2.23. The van der Waals surface area contributed by atoms with Crippen LogP contribution in [0, 0.1) is 6.92 Å². The summed E-state index contributed by atoms with van der Waals surface area (Å²) in [7, 11) is 0. The number of hydrogen-bond acceptors (Lipinski definition) is 2. The second kappa shape index (κ2) is 8.87. The van der Waals surface area contributed by atoms with Crippen LogP contribution in [0.3, 0.4) is 0 Å². The van der Waals surface area contributed by atoms with Crippen molar-refractivity contribution in [1.29, 1.82) is 0 Å². The van der Waals surface area contributed by atoms with E-state index < -0.39 is 5.97 Å². The number of rotatable bonds is 8. The van der Waals surface area contributed by atoms with Crippen LogP contribution in [0.4, 0.5) is 0 Å². The molecule has 0 heterocycles. The summed E-state index contributed by atoms with van der Waals surface area (Å²) in [4.78, 5) is 25.1. The lowest BCUT2D eigenvalue weighted by atomic mass is 10.1. The van der Waals surface area contributed by atoms with Crippen LogP contribution in [0.25, 0.3) is 0 Å². The van der Waals surface area contributed by atoms with Crippen LogP contribution in [0.2, 0.25) is 0 Å². The van der Waals surface area contributed by atoms with Crippen LogP contribution in [0.5, 0.6) is 0 Å². The van der Waals surface area contributed by atoms with Crippen molar-refractivity contribution >= 4 is 11.9 Å². The molecule has 0 bridgehead atoms. The number of nitrogens with zero attached hydrogens (tertiary/aromatic N) is 1. The van der Waals surface area contributed by atoms with Crippen molar-refractivity contribution in [3.8, 4) is 0 Å². The second-order valence-electron chi connectivity index (χ2n) is 5.96. The van der Waals surface area contributed by atoms with Crippen LogP contribution in [0.15, 0.2) is 54.6 Å². The van der Waals surface area contributed by atoms with Gasteiger partial charge in [-0.05, 0) is 24.5 Å². The number of carboxylic acids is 1. The number of carbonyl (C=O) groups excluding carboxylic acids is 1. The van der Waals surface area contributed by atoms with Gasteiger partial charge in [0.05, 0.1) is 6.42 Å². The Morgan fingerprint density at radius 2 is 1.62 bits per heavy atom. The molecule has 0 fully saturated rings. The molecule has 0 atom stereocenters. The SMILES string of the molecule is Cc1ccc(CC(=O)N(CCCC(=O)O)Cc2ccccc2)cc1. The second-order valence-corrected chi connectivity index (χ2v) is 5.96. The van der Waals surface area contributed by atoms with E-state index in [1.807, 2.05) is 61.5 Å². The van der Waals surface area contributed by atoms with Gasteiger partial charge in [-0.25, -0.2) is 0 Å². The monoisotopic (exact) mass is 325 g/mol. The van der Waals surface area contributed by atoms with Gasteiger partial charge in [0, 0.05) is 19.5 Å². The molecule has 0 unspecified atom stereocenters. The molecule has 1 amide bonds. The topological polar surface area (TPSA) is 57.6 Å². The van der Waals surface area contributed by atoms with Gasteiger partial charge in [-0.2, -0.15) is 0 Å². The highest BCUT2D eigenvalue weighted by Gasteiger charge is 2.15. The number of hydrogen-bond donors (Lipinski definition) is 1. The minimum Gasteiger partial charge on any atom is -0.481 e. The molecule has 2 aromatic carbocycles. The van der Waals surface area contributed by atoms with Gasteiger partial charge >= 0.3 is 5.97 Å². The summed E-state index contributed by atoms with van der Waals surface area (Å²) in [6.07, 6.45) is 0.866. The van der Waals surface area contributed by atoms with Crippen molar-refractivity contribution in [2.45, 2.75) is 32.7 Å².